The van der Waals surface area contributed by atoms with E-state index in [1.54, 1.807) is 0 Å². The molecule has 4 aliphatic carbocycles. The van der Waals surface area contributed by atoms with Crippen molar-refractivity contribution in [2.45, 2.75) is 70.2 Å². The van der Waals surface area contributed by atoms with Crippen LogP contribution in [0.3, 0.4) is 0 Å². The maximum absolute atomic E-state index is 12.3. The number of rotatable bonds is 2. The number of aliphatic hydroxyl groups excluding tert-OH is 3. The molecular formula is C21H30O5. The highest BCUT2D eigenvalue weighted by Crippen LogP contribution is 2.65. The predicted octanol–water partition coefficient (Wildman–Crippen LogP) is 1.49. The Labute approximate surface area is 154 Å². The van der Waals surface area contributed by atoms with Crippen LogP contribution in [-0.2, 0) is 4.79 Å². The third-order valence-corrected chi connectivity index (χ3v) is 8.24. The molecule has 4 rings (SSSR count). The molecule has 0 unspecified atom stereocenters. The lowest BCUT2D eigenvalue weighted by Crippen LogP contribution is -2.59. The van der Waals surface area contributed by atoms with E-state index in [2.05, 4.69) is 19.1 Å². The number of hydrogen-bond acceptors (Lipinski definition) is 5. The smallest absolute Gasteiger partial charge is 0.190 e. The zero-order chi connectivity index (χ0) is 18.9. The molecule has 0 bridgehead atoms. The van der Waals surface area contributed by atoms with Gasteiger partial charge in [-0.2, -0.15) is 0 Å². The summed E-state index contributed by atoms with van der Waals surface area (Å²) in [7, 11) is 0. The minimum Gasteiger partial charge on any atom is -0.393 e. The van der Waals surface area contributed by atoms with Crippen LogP contribution in [0.1, 0.15) is 52.4 Å². The first kappa shape index (κ1) is 18.4. The molecule has 0 aromatic rings. The summed E-state index contributed by atoms with van der Waals surface area (Å²) >= 11 is 0. The molecule has 7 atom stereocenters. The molecule has 144 valence electrons. The third-order valence-electron chi connectivity index (χ3n) is 8.24. The van der Waals surface area contributed by atoms with Crippen molar-refractivity contribution in [2.75, 3.05) is 6.61 Å². The Kier molecular flexibility index (Phi) is 4.05. The molecule has 4 N–H and O–H groups in total. The van der Waals surface area contributed by atoms with Crippen LogP contribution in [0.15, 0.2) is 23.3 Å². The van der Waals surface area contributed by atoms with Crippen LogP contribution < -0.4 is 0 Å². The molecule has 0 radical (unpaired) electrons. The summed E-state index contributed by atoms with van der Waals surface area (Å²) < 4.78 is 0. The minimum absolute atomic E-state index is 0.0258. The molecule has 0 spiro atoms. The second kappa shape index (κ2) is 5.74. The van der Waals surface area contributed by atoms with Crippen LogP contribution in [0.2, 0.25) is 0 Å². The number of carbonyl (C=O) groups excluding carboxylic acids is 1. The number of allylic oxidation sites excluding steroid dienone is 2. The first-order valence-corrected chi connectivity index (χ1v) is 9.81. The zero-order valence-corrected chi connectivity index (χ0v) is 15.6. The summed E-state index contributed by atoms with van der Waals surface area (Å²) in [5, 5.41) is 41.7. The maximum Gasteiger partial charge on any atom is 0.190 e. The van der Waals surface area contributed by atoms with Gasteiger partial charge in [0.05, 0.1) is 12.2 Å². The number of hydrogen-bond donors (Lipinski definition) is 4. The van der Waals surface area contributed by atoms with Gasteiger partial charge in [0.1, 0.15) is 12.2 Å². The zero-order valence-electron chi connectivity index (χ0n) is 15.6. The topological polar surface area (TPSA) is 98.0 Å². The van der Waals surface area contributed by atoms with E-state index in [-0.39, 0.29) is 23.4 Å². The summed E-state index contributed by atoms with van der Waals surface area (Å²) in [5.74, 6) is -0.537. The summed E-state index contributed by atoms with van der Waals surface area (Å²) in [6.07, 6.45) is 6.80. The fraction of sp³-hybridized carbons (Fsp3) is 0.762. The summed E-state index contributed by atoms with van der Waals surface area (Å²) in [6, 6.07) is 0. The van der Waals surface area contributed by atoms with Crippen molar-refractivity contribution < 1.29 is 25.2 Å². The van der Waals surface area contributed by atoms with Gasteiger partial charge < -0.3 is 20.4 Å². The van der Waals surface area contributed by atoms with Gasteiger partial charge in [0, 0.05) is 11.3 Å². The summed E-state index contributed by atoms with van der Waals surface area (Å²) in [5.41, 5.74) is -0.175. The quantitative estimate of drug-likeness (QED) is 0.597. The Bertz CT molecular complexity index is 697. The summed E-state index contributed by atoms with van der Waals surface area (Å²) in [6.45, 7) is 3.41. The van der Waals surface area contributed by atoms with Crippen LogP contribution in [0, 0.1) is 22.7 Å². The number of aliphatic hydroxyl groups is 4. The maximum atomic E-state index is 12.3. The number of fused-ring (bicyclic) bond motifs is 5. The first-order valence-electron chi connectivity index (χ1n) is 9.81. The van der Waals surface area contributed by atoms with Crippen molar-refractivity contribution >= 4 is 5.78 Å². The Hall–Kier alpha value is -1.01. The minimum atomic E-state index is -1.58. The molecule has 0 aromatic heterocycles. The van der Waals surface area contributed by atoms with Crippen LogP contribution in [-0.4, -0.2) is 50.6 Å². The SMILES string of the molecule is C[C@]12CC[C@H](O)CC1=CC=C1[C@@H]2[C@@H](O)C[C@@]2(C)[C@H]1CC[C@]2(O)C(=O)CO. The largest absolute Gasteiger partial charge is 0.393 e. The van der Waals surface area contributed by atoms with Crippen molar-refractivity contribution in [3.8, 4) is 0 Å². The van der Waals surface area contributed by atoms with Gasteiger partial charge in [-0.05, 0) is 49.9 Å². The van der Waals surface area contributed by atoms with E-state index in [1.807, 2.05) is 6.92 Å². The van der Waals surface area contributed by atoms with Gasteiger partial charge in [-0.1, -0.05) is 37.1 Å². The number of carbonyl (C=O) groups is 1. The van der Waals surface area contributed by atoms with Gasteiger partial charge in [0.2, 0.25) is 0 Å². The average Bonchev–Trinajstić information content (AvgIpc) is 2.86. The van der Waals surface area contributed by atoms with Crippen molar-refractivity contribution in [3.05, 3.63) is 23.3 Å². The molecule has 0 saturated heterocycles. The Balaban J connectivity index is 1.78. The van der Waals surface area contributed by atoms with Crippen molar-refractivity contribution in [2.24, 2.45) is 22.7 Å². The lowest BCUT2D eigenvalue weighted by atomic mass is 9.49. The predicted molar refractivity (Wildman–Crippen MR) is 96.1 cm³/mol. The van der Waals surface area contributed by atoms with E-state index in [1.165, 1.54) is 5.57 Å². The van der Waals surface area contributed by atoms with Crippen LogP contribution in [0.4, 0.5) is 0 Å². The second-order valence-corrected chi connectivity index (χ2v) is 9.37. The fourth-order valence-electron chi connectivity index (χ4n) is 6.71. The van der Waals surface area contributed by atoms with Crippen molar-refractivity contribution in [3.63, 3.8) is 0 Å². The highest BCUT2D eigenvalue weighted by Gasteiger charge is 2.66. The highest BCUT2D eigenvalue weighted by atomic mass is 16.3. The average molecular weight is 362 g/mol. The van der Waals surface area contributed by atoms with Gasteiger partial charge in [0.25, 0.3) is 0 Å². The van der Waals surface area contributed by atoms with Gasteiger partial charge in [-0.25, -0.2) is 0 Å². The van der Waals surface area contributed by atoms with Crippen molar-refractivity contribution in [1.29, 1.82) is 0 Å². The third kappa shape index (κ3) is 2.15. The molecule has 0 aromatic carbocycles. The molecule has 0 aliphatic heterocycles. The molecule has 5 nitrogen and oxygen atoms in total. The Morgan fingerprint density at radius 2 is 1.92 bits per heavy atom. The van der Waals surface area contributed by atoms with Gasteiger partial charge in [-0.3, -0.25) is 4.79 Å². The molecule has 4 aliphatic rings. The number of ketones is 1. The molecule has 3 fully saturated rings. The molecule has 0 heterocycles. The van der Waals surface area contributed by atoms with Gasteiger partial charge >= 0.3 is 0 Å². The van der Waals surface area contributed by atoms with Crippen molar-refractivity contribution in [1.82, 2.24) is 0 Å². The normalized spacial score (nSPS) is 50.2. The molecule has 0 amide bonds. The van der Waals surface area contributed by atoms with Gasteiger partial charge in [-0.15, -0.1) is 0 Å². The van der Waals surface area contributed by atoms with E-state index < -0.39 is 29.5 Å². The van der Waals surface area contributed by atoms with Crippen LogP contribution in [0.25, 0.3) is 0 Å². The van der Waals surface area contributed by atoms with Crippen LogP contribution in [0.5, 0.6) is 0 Å². The lowest BCUT2D eigenvalue weighted by molar-refractivity contribution is -0.162. The standard InChI is InChI=1S/C21H30O5/c1-19-7-5-13(23)9-12(19)3-4-14-15-6-8-21(26,17(25)11-22)20(15,2)10-16(24)18(14)19/h3-4,13,15-16,18,22-24,26H,5-11H2,1-2H3/t13-,15-,16-,18+,19-,20-,21-/m0/s1. The molecule has 26 heavy (non-hydrogen) atoms. The Morgan fingerprint density at radius 1 is 1.19 bits per heavy atom. The second-order valence-electron chi connectivity index (χ2n) is 9.37. The van der Waals surface area contributed by atoms with E-state index >= 15 is 0 Å². The van der Waals surface area contributed by atoms with Crippen LogP contribution >= 0.6 is 0 Å². The Morgan fingerprint density at radius 3 is 2.62 bits per heavy atom. The van der Waals surface area contributed by atoms with E-state index in [9.17, 15) is 25.2 Å². The molecule has 5 heteroatoms. The lowest BCUT2D eigenvalue weighted by Gasteiger charge is -2.57. The number of Topliss-reactive ketones (excluding diaryl/α,β-unsaturated/α-hetero) is 1. The summed E-state index contributed by atoms with van der Waals surface area (Å²) in [4.78, 5) is 12.3. The van der Waals surface area contributed by atoms with E-state index in [4.69, 9.17) is 0 Å². The van der Waals surface area contributed by atoms with Gasteiger partial charge in [0.15, 0.2) is 5.78 Å². The fourth-order valence-corrected chi connectivity index (χ4v) is 6.71. The first-order chi connectivity index (χ1) is 12.2. The molecular weight excluding hydrogens is 332 g/mol. The monoisotopic (exact) mass is 362 g/mol. The molecule has 3 saturated carbocycles. The van der Waals surface area contributed by atoms with E-state index in [0.29, 0.717) is 25.7 Å². The van der Waals surface area contributed by atoms with E-state index in [0.717, 1.165) is 18.4 Å². The highest BCUT2D eigenvalue weighted by molar-refractivity contribution is 5.89.